The van der Waals surface area contributed by atoms with E-state index in [0.717, 1.165) is 11.5 Å². The van der Waals surface area contributed by atoms with E-state index >= 15 is 0 Å². The van der Waals surface area contributed by atoms with Gasteiger partial charge in [-0.05, 0) is 27.7 Å². The molecule has 0 spiro atoms. The Labute approximate surface area is 74.1 Å². The normalized spacial score (nSPS) is 13.6. The number of hydrogen-bond acceptors (Lipinski definition) is 3. The van der Waals surface area contributed by atoms with Crippen molar-refractivity contribution in [2.45, 2.75) is 38.8 Å². The highest BCUT2D eigenvalue weighted by molar-refractivity contribution is 7.99. The zero-order valence-corrected chi connectivity index (χ0v) is 8.79. The Morgan fingerprint density at radius 2 is 1.18 bits per heavy atom. The van der Waals surface area contributed by atoms with Crippen LogP contribution in [0.4, 0.5) is 0 Å². The van der Waals surface area contributed by atoms with Crippen LogP contribution >= 0.6 is 11.8 Å². The minimum Gasteiger partial charge on any atom is -0.325 e. The lowest BCUT2D eigenvalue weighted by molar-refractivity contribution is 0.576. The highest BCUT2D eigenvalue weighted by Crippen LogP contribution is 2.14. The van der Waals surface area contributed by atoms with Gasteiger partial charge >= 0.3 is 0 Å². The van der Waals surface area contributed by atoms with Crippen molar-refractivity contribution >= 4 is 11.8 Å². The van der Waals surface area contributed by atoms with Crippen molar-refractivity contribution in [2.75, 3.05) is 11.5 Å². The maximum absolute atomic E-state index is 5.80. The van der Waals surface area contributed by atoms with Gasteiger partial charge in [0.2, 0.25) is 0 Å². The van der Waals surface area contributed by atoms with E-state index in [-0.39, 0.29) is 11.1 Å². The lowest BCUT2D eigenvalue weighted by Crippen LogP contribution is -2.38. The molecule has 0 amide bonds. The third kappa shape index (κ3) is 10.3. The first-order valence-corrected chi connectivity index (χ1v) is 5.02. The van der Waals surface area contributed by atoms with Crippen molar-refractivity contribution in [3.8, 4) is 0 Å². The van der Waals surface area contributed by atoms with Gasteiger partial charge in [-0.1, -0.05) is 0 Å². The van der Waals surface area contributed by atoms with Crippen LogP contribution < -0.4 is 11.5 Å². The molecule has 0 aliphatic carbocycles. The largest absolute Gasteiger partial charge is 0.325 e. The fourth-order valence-corrected chi connectivity index (χ4v) is 1.73. The number of rotatable bonds is 4. The Hall–Kier alpha value is 0.270. The second-order valence-corrected chi connectivity index (χ2v) is 5.46. The van der Waals surface area contributed by atoms with Gasteiger partial charge in [0, 0.05) is 22.6 Å². The Kier molecular flexibility index (Phi) is 3.88. The lowest BCUT2D eigenvalue weighted by atomic mass is 10.1. The van der Waals surface area contributed by atoms with Gasteiger partial charge in [-0.3, -0.25) is 0 Å². The molecule has 2 nitrogen and oxygen atoms in total. The first-order chi connectivity index (χ1) is 4.71. The van der Waals surface area contributed by atoms with Crippen LogP contribution in [0.15, 0.2) is 0 Å². The van der Waals surface area contributed by atoms with E-state index in [0.29, 0.717) is 0 Å². The summed E-state index contributed by atoms with van der Waals surface area (Å²) in [4.78, 5) is 0. The molecule has 0 heterocycles. The van der Waals surface area contributed by atoms with Crippen molar-refractivity contribution < 1.29 is 0 Å². The molecule has 0 radical (unpaired) electrons. The number of hydrogen-bond donors (Lipinski definition) is 2. The van der Waals surface area contributed by atoms with Crippen LogP contribution in [0.3, 0.4) is 0 Å². The standard InChI is InChI=1S/C8H20N2S/c1-7(2,9)5-11-6-8(3,4)10/h5-6,9-10H2,1-4H3. The molecule has 3 heteroatoms. The molecule has 0 saturated heterocycles. The summed E-state index contributed by atoms with van der Waals surface area (Å²) in [5.41, 5.74) is 11.5. The molecule has 0 aromatic heterocycles. The first kappa shape index (κ1) is 11.3. The SMILES string of the molecule is CC(C)(N)CSCC(C)(C)N. The lowest BCUT2D eigenvalue weighted by Gasteiger charge is -2.22. The van der Waals surface area contributed by atoms with E-state index in [2.05, 4.69) is 0 Å². The summed E-state index contributed by atoms with van der Waals surface area (Å²) < 4.78 is 0. The minimum atomic E-state index is -0.0735. The third-order valence-corrected chi connectivity index (χ3v) is 2.84. The molecule has 0 aromatic carbocycles. The summed E-state index contributed by atoms with van der Waals surface area (Å²) in [6, 6.07) is 0. The zero-order valence-electron chi connectivity index (χ0n) is 7.98. The molecule has 0 saturated carbocycles. The smallest absolute Gasteiger partial charge is 0.0188 e. The van der Waals surface area contributed by atoms with Crippen molar-refractivity contribution in [1.82, 2.24) is 0 Å². The average Bonchev–Trinajstić information content (AvgIpc) is 1.55. The van der Waals surface area contributed by atoms with Crippen LogP contribution in [0, 0.1) is 0 Å². The average molecular weight is 176 g/mol. The predicted molar refractivity (Wildman–Crippen MR) is 53.9 cm³/mol. The molecule has 0 aromatic rings. The third-order valence-electron chi connectivity index (χ3n) is 0.948. The van der Waals surface area contributed by atoms with E-state index in [1.165, 1.54) is 0 Å². The minimum absolute atomic E-state index is 0.0735. The fraction of sp³-hybridized carbons (Fsp3) is 1.00. The van der Waals surface area contributed by atoms with Crippen LogP contribution in [0.1, 0.15) is 27.7 Å². The molecule has 0 atom stereocenters. The van der Waals surface area contributed by atoms with E-state index in [9.17, 15) is 0 Å². The van der Waals surface area contributed by atoms with E-state index in [1.54, 1.807) is 0 Å². The van der Waals surface area contributed by atoms with Gasteiger partial charge in [-0.25, -0.2) is 0 Å². The molecule has 0 unspecified atom stereocenters. The summed E-state index contributed by atoms with van der Waals surface area (Å²) in [5, 5.41) is 0. The second-order valence-electron chi connectivity index (χ2n) is 4.47. The van der Waals surface area contributed by atoms with E-state index in [4.69, 9.17) is 11.5 Å². The maximum atomic E-state index is 5.80. The quantitative estimate of drug-likeness (QED) is 0.676. The monoisotopic (exact) mass is 176 g/mol. The van der Waals surface area contributed by atoms with Gasteiger partial charge in [0.25, 0.3) is 0 Å². The summed E-state index contributed by atoms with van der Waals surface area (Å²) in [6.07, 6.45) is 0. The van der Waals surface area contributed by atoms with Gasteiger partial charge in [-0.15, -0.1) is 0 Å². The molecule has 0 fully saturated rings. The zero-order chi connectivity index (χ0) is 9.12. The van der Waals surface area contributed by atoms with Crippen LogP contribution in [0.5, 0.6) is 0 Å². The van der Waals surface area contributed by atoms with Crippen molar-refractivity contribution in [2.24, 2.45) is 11.5 Å². The summed E-state index contributed by atoms with van der Waals surface area (Å²) in [5.74, 6) is 1.93. The van der Waals surface area contributed by atoms with Crippen LogP contribution in [-0.2, 0) is 0 Å². The van der Waals surface area contributed by atoms with Crippen LogP contribution in [0.25, 0.3) is 0 Å². The maximum Gasteiger partial charge on any atom is 0.0188 e. The van der Waals surface area contributed by atoms with E-state index < -0.39 is 0 Å². The van der Waals surface area contributed by atoms with Crippen LogP contribution in [0.2, 0.25) is 0 Å². The van der Waals surface area contributed by atoms with Crippen LogP contribution in [-0.4, -0.2) is 22.6 Å². The molecule has 11 heavy (non-hydrogen) atoms. The van der Waals surface area contributed by atoms with Gasteiger partial charge < -0.3 is 11.5 Å². The highest BCUT2D eigenvalue weighted by Gasteiger charge is 2.14. The number of thioether (sulfide) groups is 1. The topological polar surface area (TPSA) is 52.0 Å². The molecule has 0 aliphatic rings. The number of nitrogens with two attached hydrogens (primary N) is 2. The highest BCUT2D eigenvalue weighted by atomic mass is 32.2. The van der Waals surface area contributed by atoms with Crippen molar-refractivity contribution in [1.29, 1.82) is 0 Å². The molecule has 4 N–H and O–H groups in total. The summed E-state index contributed by atoms with van der Waals surface area (Å²) in [7, 11) is 0. The molecule has 0 aliphatic heterocycles. The van der Waals surface area contributed by atoms with Crippen molar-refractivity contribution in [3.05, 3.63) is 0 Å². The van der Waals surface area contributed by atoms with Gasteiger partial charge in [0.1, 0.15) is 0 Å². The van der Waals surface area contributed by atoms with Gasteiger partial charge in [-0.2, -0.15) is 11.8 Å². The van der Waals surface area contributed by atoms with Gasteiger partial charge in [0.05, 0.1) is 0 Å². The predicted octanol–water partition coefficient (Wildman–Crippen LogP) is 1.19. The van der Waals surface area contributed by atoms with E-state index in [1.807, 2.05) is 39.5 Å². The molecule has 68 valence electrons. The first-order valence-electron chi connectivity index (χ1n) is 3.86. The fourth-order valence-electron chi connectivity index (χ4n) is 0.577. The van der Waals surface area contributed by atoms with Crippen molar-refractivity contribution in [3.63, 3.8) is 0 Å². The molecular weight excluding hydrogens is 156 g/mol. The molecular formula is C8H20N2S. The Morgan fingerprint density at radius 3 is 1.36 bits per heavy atom. The summed E-state index contributed by atoms with van der Waals surface area (Å²) >= 11 is 1.82. The molecule has 0 rings (SSSR count). The molecule has 0 bridgehead atoms. The Balaban J connectivity index is 3.44. The summed E-state index contributed by atoms with van der Waals surface area (Å²) in [6.45, 7) is 8.13. The second kappa shape index (κ2) is 3.78. The van der Waals surface area contributed by atoms with Gasteiger partial charge in [0.15, 0.2) is 0 Å². The Morgan fingerprint density at radius 1 is 0.909 bits per heavy atom. The Bertz CT molecular complexity index is 96.2.